The van der Waals surface area contributed by atoms with Gasteiger partial charge in [-0.1, -0.05) is 11.6 Å². The van der Waals surface area contributed by atoms with Crippen LogP contribution in [-0.2, 0) is 20.1 Å². The number of aromatic amines is 1. The Morgan fingerprint density at radius 1 is 1.11 bits per heavy atom. The molecule has 36 heavy (non-hydrogen) atoms. The Hall–Kier alpha value is -3.96. The van der Waals surface area contributed by atoms with E-state index in [9.17, 15) is 18.4 Å². The fourth-order valence-electron chi connectivity index (χ4n) is 3.65. The summed E-state index contributed by atoms with van der Waals surface area (Å²) in [5.74, 6) is -1.55. The van der Waals surface area contributed by atoms with Crippen molar-refractivity contribution in [3.8, 4) is 0 Å². The van der Waals surface area contributed by atoms with Crippen LogP contribution in [0.4, 0.5) is 20.4 Å². The lowest BCUT2D eigenvalue weighted by Gasteiger charge is -2.16. The third kappa shape index (κ3) is 4.50. The minimum atomic E-state index is -0.875. The van der Waals surface area contributed by atoms with E-state index in [1.165, 1.54) is 12.4 Å². The maximum atomic E-state index is 14.6. The van der Waals surface area contributed by atoms with E-state index in [1.807, 2.05) is 0 Å². The summed E-state index contributed by atoms with van der Waals surface area (Å²) >= 11 is 6.41. The number of aryl methyl sites for hydroxylation is 1. The predicted octanol–water partition coefficient (Wildman–Crippen LogP) is 1.68. The van der Waals surface area contributed by atoms with Gasteiger partial charge < -0.3 is 5.32 Å². The van der Waals surface area contributed by atoms with Gasteiger partial charge in [0.25, 0.3) is 0 Å². The molecule has 3 heterocycles. The van der Waals surface area contributed by atoms with Crippen molar-refractivity contribution in [1.82, 2.24) is 39.1 Å². The van der Waals surface area contributed by atoms with Gasteiger partial charge in [0.15, 0.2) is 0 Å². The SMILES string of the molecule is Cn1cc2cc(Nc3nc(=O)n(Cc4ncn[nH]4)c(=O)n3Cc3cc(P)c(F)cc3F)c(Cl)cc2n1. The Labute approximate surface area is 208 Å². The van der Waals surface area contributed by atoms with Crippen LogP contribution in [0.5, 0.6) is 0 Å². The number of nitrogens with one attached hydrogen (secondary N) is 2. The molecule has 0 amide bonds. The number of halogens is 3. The van der Waals surface area contributed by atoms with E-state index < -0.39 is 23.0 Å². The number of aromatic nitrogens is 8. The van der Waals surface area contributed by atoms with Gasteiger partial charge in [-0.25, -0.2) is 27.9 Å². The average molecular weight is 532 g/mol. The normalized spacial score (nSPS) is 11.4. The van der Waals surface area contributed by atoms with Crippen molar-refractivity contribution in [2.75, 3.05) is 5.32 Å². The Bertz CT molecular complexity index is 1730. The predicted molar refractivity (Wildman–Crippen MR) is 132 cm³/mol. The number of rotatable bonds is 6. The largest absolute Gasteiger partial charge is 0.355 e. The number of nitrogens with zero attached hydrogens (tertiary/aromatic N) is 7. The van der Waals surface area contributed by atoms with Crippen LogP contribution >= 0.6 is 20.8 Å². The van der Waals surface area contributed by atoms with Crippen molar-refractivity contribution in [2.45, 2.75) is 13.1 Å². The second-order valence-corrected chi connectivity index (χ2v) is 8.92. The van der Waals surface area contributed by atoms with Crippen LogP contribution in [-0.4, -0.2) is 39.1 Å². The molecule has 1 unspecified atom stereocenters. The van der Waals surface area contributed by atoms with E-state index >= 15 is 0 Å². The molecule has 0 spiro atoms. The minimum absolute atomic E-state index is 0.00650. The van der Waals surface area contributed by atoms with Gasteiger partial charge in [-0.3, -0.25) is 14.3 Å². The molecule has 11 nitrogen and oxygen atoms in total. The van der Waals surface area contributed by atoms with Gasteiger partial charge in [-0.15, -0.1) is 9.24 Å². The molecule has 1 atom stereocenters. The average Bonchev–Trinajstić information content (AvgIpc) is 3.46. The summed E-state index contributed by atoms with van der Waals surface area (Å²) in [5, 5.41) is 14.6. The lowest BCUT2D eigenvalue weighted by Crippen LogP contribution is -2.43. The number of benzene rings is 2. The first-order valence-corrected chi connectivity index (χ1v) is 11.3. The fraction of sp³-hybridized carbons (Fsp3) is 0.143. The van der Waals surface area contributed by atoms with Crippen LogP contribution in [0.15, 0.2) is 46.4 Å². The summed E-state index contributed by atoms with van der Waals surface area (Å²) in [6.45, 7) is -0.598. The molecule has 0 saturated carbocycles. The Kier molecular flexibility index (Phi) is 6.10. The molecule has 2 N–H and O–H groups in total. The number of H-pyrrole nitrogens is 1. The first-order chi connectivity index (χ1) is 17.2. The third-order valence-corrected chi connectivity index (χ3v) is 6.13. The van der Waals surface area contributed by atoms with E-state index in [1.54, 1.807) is 30.1 Å². The van der Waals surface area contributed by atoms with Gasteiger partial charge >= 0.3 is 11.4 Å². The zero-order valence-electron chi connectivity index (χ0n) is 18.5. The molecule has 0 saturated heterocycles. The van der Waals surface area contributed by atoms with Gasteiger partial charge in [0.1, 0.15) is 23.8 Å². The molecular formula is C21H17ClF2N9O2P. The number of hydrogen-bond donors (Lipinski definition) is 2. The topological polar surface area (TPSA) is 128 Å². The van der Waals surface area contributed by atoms with Crippen LogP contribution in [0.1, 0.15) is 11.4 Å². The molecular weight excluding hydrogens is 515 g/mol. The lowest BCUT2D eigenvalue weighted by atomic mass is 10.2. The molecule has 0 bridgehead atoms. The van der Waals surface area contributed by atoms with Gasteiger partial charge in [-0.2, -0.15) is 15.2 Å². The van der Waals surface area contributed by atoms with Crippen LogP contribution < -0.4 is 22.0 Å². The zero-order chi connectivity index (χ0) is 25.6. The molecule has 5 aromatic rings. The summed E-state index contributed by atoms with van der Waals surface area (Å²) in [4.78, 5) is 34.2. The second-order valence-electron chi connectivity index (χ2n) is 7.89. The number of fused-ring (bicyclic) bond motifs is 1. The van der Waals surface area contributed by atoms with E-state index in [0.29, 0.717) is 11.2 Å². The van der Waals surface area contributed by atoms with Crippen molar-refractivity contribution in [3.05, 3.63) is 85.8 Å². The quantitative estimate of drug-likeness (QED) is 0.319. The molecule has 0 radical (unpaired) electrons. The molecule has 0 aliphatic carbocycles. The van der Waals surface area contributed by atoms with Crippen molar-refractivity contribution >= 4 is 48.7 Å². The maximum absolute atomic E-state index is 14.6. The Morgan fingerprint density at radius 3 is 2.67 bits per heavy atom. The summed E-state index contributed by atoms with van der Waals surface area (Å²) in [5.41, 5.74) is -0.688. The van der Waals surface area contributed by atoms with Crippen LogP contribution in [0.3, 0.4) is 0 Å². The summed E-state index contributed by atoms with van der Waals surface area (Å²) in [7, 11) is 3.92. The maximum Gasteiger partial charge on any atom is 0.355 e. The van der Waals surface area contributed by atoms with Crippen LogP contribution in [0.25, 0.3) is 10.9 Å². The fourth-order valence-corrected chi connectivity index (χ4v) is 4.14. The van der Waals surface area contributed by atoms with Gasteiger partial charge in [0.2, 0.25) is 5.95 Å². The molecule has 2 aromatic carbocycles. The molecule has 0 fully saturated rings. The first kappa shape index (κ1) is 23.8. The monoisotopic (exact) mass is 531 g/mol. The number of hydrogen-bond acceptors (Lipinski definition) is 7. The van der Waals surface area contributed by atoms with Crippen molar-refractivity contribution in [2.24, 2.45) is 7.05 Å². The standard InChI is InChI=1S/C21H17ClF2N9O2P/c1-31-6-11-2-16(12(22)4-15(11)30-31)27-19-28-20(34)33(8-18-25-9-26-29-18)21(35)32(19)7-10-3-17(36)14(24)5-13(10)23/h2-6,9H,7-8,36H2,1H3,(H,25,26,29)(H,27,28,34). The van der Waals surface area contributed by atoms with Gasteiger partial charge in [-0.05, 0) is 18.2 Å². The van der Waals surface area contributed by atoms with Crippen LogP contribution in [0, 0.1) is 11.6 Å². The molecule has 5 rings (SSSR count). The highest BCUT2D eigenvalue weighted by Crippen LogP contribution is 2.29. The Balaban J connectivity index is 1.65. The highest BCUT2D eigenvalue weighted by Gasteiger charge is 2.19. The van der Waals surface area contributed by atoms with E-state index in [-0.39, 0.29) is 40.8 Å². The van der Waals surface area contributed by atoms with E-state index in [0.717, 1.165) is 20.6 Å². The highest BCUT2D eigenvalue weighted by atomic mass is 35.5. The molecule has 3 aromatic heterocycles. The molecule has 184 valence electrons. The van der Waals surface area contributed by atoms with E-state index in [4.69, 9.17) is 11.6 Å². The first-order valence-electron chi connectivity index (χ1n) is 10.4. The van der Waals surface area contributed by atoms with Crippen molar-refractivity contribution in [1.29, 1.82) is 0 Å². The molecule has 0 aliphatic heterocycles. The summed E-state index contributed by atoms with van der Waals surface area (Å²) in [6, 6.07) is 5.28. The Morgan fingerprint density at radius 2 is 1.92 bits per heavy atom. The van der Waals surface area contributed by atoms with Gasteiger partial charge in [0, 0.05) is 35.6 Å². The molecule has 15 heteroatoms. The summed E-state index contributed by atoms with van der Waals surface area (Å²) < 4.78 is 31.9. The second kappa shape index (κ2) is 9.25. The van der Waals surface area contributed by atoms with Crippen molar-refractivity contribution in [3.63, 3.8) is 0 Å². The summed E-state index contributed by atoms with van der Waals surface area (Å²) in [6.07, 6.45) is 2.99. The van der Waals surface area contributed by atoms with Crippen molar-refractivity contribution < 1.29 is 8.78 Å². The van der Waals surface area contributed by atoms with E-state index in [2.05, 4.69) is 39.8 Å². The number of anilines is 2. The molecule has 0 aliphatic rings. The third-order valence-electron chi connectivity index (χ3n) is 5.37. The highest BCUT2D eigenvalue weighted by molar-refractivity contribution is 7.27. The van der Waals surface area contributed by atoms with Crippen LogP contribution in [0.2, 0.25) is 5.02 Å². The smallest absolute Gasteiger partial charge is 0.324 e. The lowest BCUT2D eigenvalue weighted by molar-refractivity contribution is 0.547. The minimum Gasteiger partial charge on any atom is -0.324 e. The van der Waals surface area contributed by atoms with Gasteiger partial charge in [0.05, 0.1) is 29.3 Å². The zero-order valence-corrected chi connectivity index (χ0v) is 20.4.